The second kappa shape index (κ2) is 5.42. The molecule has 0 saturated carbocycles. The fourth-order valence-corrected chi connectivity index (χ4v) is 3.13. The molecule has 2 rings (SSSR count). The minimum Gasteiger partial charge on any atom is -0.347 e. The number of aromatic amines is 1. The molecule has 9 nitrogen and oxygen atoms in total. The highest BCUT2D eigenvalue weighted by Gasteiger charge is 2.20. The maximum Gasteiger partial charge on any atom is 0.270 e. The number of anilines is 1. The van der Waals surface area contributed by atoms with Crippen LogP contribution in [0.25, 0.3) is 0 Å². The van der Waals surface area contributed by atoms with Crippen LogP contribution in [0, 0.1) is 0 Å². The number of nitrogens with one attached hydrogen (secondary N) is 3. The Bertz CT molecular complexity index is 662. The van der Waals surface area contributed by atoms with E-state index in [4.69, 9.17) is 0 Å². The maximum absolute atomic E-state index is 11.9. The second-order valence-electron chi connectivity index (χ2n) is 3.46. The van der Waals surface area contributed by atoms with Crippen molar-refractivity contribution in [3.05, 3.63) is 18.2 Å². The summed E-state index contributed by atoms with van der Waals surface area (Å²) in [6.07, 6.45) is 2.95. The minimum absolute atomic E-state index is 0.0668. The van der Waals surface area contributed by atoms with Crippen LogP contribution >= 0.6 is 11.3 Å². The number of carbonyl (C=O) groups is 1. The van der Waals surface area contributed by atoms with Crippen molar-refractivity contribution in [2.24, 2.45) is 0 Å². The molecule has 3 N–H and O–H groups in total. The monoisotopic (exact) mass is 302 g/mol. The van der Waals surface area contributed by atoms with Crippen LogP contribution in [0.2, 0.25) is 0 Å². The molecule has 0 bridgehead atoms. The molecule has 0 radical (unpaired) electrons. The molecule has 0 fully saturated rings. The number of hydrogen-bond acceptors (Lipinski definition) is 7. The van der Waals surface area contributed by atoms with E-state index in [2.05, 4.69) is 30.2 Å². The first-order valence-corrected chi connectivity index (χ1v) is 7.35. The summed E-state index contributed by atoms with van der Waals surface area (Å²) >= 11 is 0.775. The molecular weight excluding hydrogens is 292 g/mol. The van der Waals surface area contributed by atoms with Crippen LogP contribution in [-0.2, 0) is 21.4 Å². The van der Waals surface area contributed by atoms with Crippen molar-refractivity contribution in [3.8, 4) is 0 Å². The van der Waals surface area contributed by atoms with Gasteiger partial charge in [0.25, 0.3) is 10.0 Å². The van der Waals surface area contributed by atoms with E-state index in [0.29, 0.717) is 5.69 Å². The molecule has 0 aliphatic rings. The number of nitrogens with zero attached hydrogens (tertiary/aromatic N) is 3. The molecule has 0 saturated heterocycles. The first-order valence-electron chi connectivity index (χ1n) is 5.05. The molecule has 0 unspecified atom stereocenters. The lowest BCUT2D eigenvalue weighted by Crippen LogP contribution is -2.23. The summed E-state index contributed by atoms with van der Waals surface area (Å²) in [6.45, 7) is 1.36. The van der Waals surface area contributed by atoms with Gasteiger partial charge in [-0.3, -0.25) is 4.79 Å². The summed E-state index contributed by atoms with van der Waals surface area (Å²) in [6, 6.07) is 0. The SMILES string of the molecule is CC(=O)Nc1nnc(S(=O)(=O)NCc2cnc[nH]2)s1. The Hall–Kier alpha value is -1.85. The van der Waals surface area contributed by atoms with E-state index in [1.807, 2.05) is 0 Å². The molecule has 2 aromatic heterocycles. The average molecular weight is 302 g/mol. The summed E-state index contributed by atoms with van der Waals surface area (Å²) in [4.78, 5) is 17.3. The topological polar surface area (TPSA) is 130 Å². The van der Waals surface area contributed by atoms with Gasteiger partial charge in [0, 0.05) is 18.8 Å². The lowest BCUT2D eigenvalue weighted by Gasteiger charge is -2.00. The predicted molar refractivity (Wildman–Crippen MR) is 66.8 cm³/mol. The summed E-state index contributed by atoms with van der Waals surface area (Å²) in [5.74, 6) is -0.342. The Morgan fingerprint density at radius 1 is 1.47 bits per heavy atom. The summed E-state index contributed by atoms with van der Waals surface area (Å²) in [5.41, 5.74) is 0.621. The second-order valence-corrected chi connectivity index (χ2v) is 6.37. The van der Waals surface area contributed by atoms with Gasteiger partial charge < -0.3 is 10.3 Å². The van der Waals surface area contributed by atoms with Gasteiger partial charge in [0.15, 0.2) is 0 Å². The number of rotatable bonds is 5. The molecule has 0 aliphatic carbocycles. The zero-order chi connectivity index (χ0) is 13.9. The van der Waals surface area contributed by atoms with Crippen LogP contribution in [-0.4, -0.2) is 34.5 Å². The third-order valence-corrected chi connectivity index (χ3v) is 4.53. The molecule has 0 spiro atoms. The van der Waals surface area contributed by atoms with Crippen molar-refractivity contribution < 1.29 is 13.2 Å². The van der Waals surface area contributed by atoms with Gasteiger partial charge in [-0.2, -0.15) is 0 Å². The zero-order valence-electron chi connectivity index (χ0n) is 9.74. The fraction of sp³-hybridized carbons (Fsp3) is 0.250. The van der Waals surface area contributed by atoms with E-state index in [-0.39, 0.29) is 21.9 Å². The van der Waals surface area contributed by atoms with Crippen molar-refractivity contribution in [1.82, 2.24) is 24.9 Å². The highest BCUT2D eigenvalue weighted by Crippen LogP contribution is 2.19. The van der Waals surface area contributed by atoms with Crippen molar-refractivity contribution in [2.75, 3.05) is 5.32 Å². The summed E-state index contributed by atoms with van der Waals surface area (Å²) < 4.78 is 25.9. The van der Waals surface area contributed by atoms with Gasteiger partial charge >= 0.3 is 0 Å². The van der Waals surface area contributed by atoms with Gasteiger partial charge in [0.2, 0.25) is 15.4 Å². The van der Waals surface area contributed by atoms with Crippen LogP contribution in [0.3, 0.4) is 0 Å². The van der Waals surface area contributed by atoms with Gasteiger partial charge in [-0.05, 0) is 0 Å². The summed E-state index contributed by atoms with van der Waals surface area (Å²) in [7, 11) is -3.76. The molecule has 102 valence electrons. The third kappa shape index (κ3) is 3.56. The van der Waals surface area contributed by atoms with Gasteiger partial charge in [-0.1, -0.05) is 11.3 Å². The highest BCUT2D eigenvalue weighted by atomic mass is 32.2. The molecule has 0 atom stereocenters. The van der Waals surface area contributed by atoms with E-state index < -0.39 is 10.0 Å². The normalized spacial score (nSPS) is 11.4. The number of carbonyl (C=O) groups excluding carboxylic acids is 1. The molecule has 11 heteroatoms. The van der Waals surface area contributed by atoms with Crippen molar-refractivity contribution in [3.63, 3.8) is 0 Å². The van der Waals surface area contributed by atoms with Gasteiger partial charge in [0.1, 0.15) is 0 Å². The van der Waals surface area contributed by atoms with E-state index in [0.717, 1.165) is 11.3 Å². The Labute approximate surface area is 112 Å². The predicted octanol–water partition coefficient (Wildman–Crippen LogP) is -0.302. The Morgan fingerprint density at radius 3 is 2.89 bits per heavy atom. The molecule has 0 aliphatic heterocycles. The van der Waals surface area contributed by atoms with Gasteiger partial charge in [-0.25, -0.2) is 18.1 Å². The highest BCUT2D eigenvalue weighted by molar-refractivity contribution is 7.91. The van der Waals surface area contributed by atoms with Crippen LogP contribution in [0.5, 0.6) is 0 Å². The first-order chi connectivity index (χ1) is 8.97. The molecule has 2 heterocycles. The number of amides is 1. The lowest BCUT2D eigenvalue weighted by molar-refractivity contribution is -0.114. The van der Waals surface area contributed by atoms with Crippen molar-refractivity contribution >= 4 is 32.4 Å². The maximum atomic E-state index is 11.9. The molecule has 1 amide bonds. The number of sulfonamides is 1. The number of imidazole rings is 1. The Kier molecular flexibility index (Phi) is 3.87. The largest absolute Gasteiger partial charge is 0.347 e. The van der Waals surface area contributed by atoms with Crippen LogP contribution in [0.15, 0.2) is 16.9 Å². The standard InChI is InChI=1S/C8H10N6O3S2/c1-5(15)12-7-13-14-8(18-7)19(16,17)11-3-6-2-9-4-10-6/h2,4,11H,3H2,1H3,(H,9,10)(H,12,13,15). The van der Waals surface area contributed by atoms with E-state index in [1.165, 1.54) is 19.4 Å². The molecule has 19 heavy (non-hydrogen) atoms. The van der Waals surface area contributed by atoms with E-state index in [1.54, 1.807) is 0 Å². The lowest BCUT2D eigenvalue weighted by atomic mass is 10.5. The van der Waals surface area contributed by atoms with Gasteiger partial charge in [-0.15, -0.1) is 10.2 Å². The fourth-order valence-electron chi connectivity index (χ4n) is 1.14. The quantitative estimate of drug-likeness (QED) is 0.650. The van der Waals surface area contributed by atoms with Crippen LogP contribution < -0.4 is 10.0 Å². The minimum atomic E-state index is -3.76. The van der Waals surface area contributed by atoms with Gasteiger partial charge in [0.05, 0.1) is 12.9 Å². The third-order valence-electron chi connectivity index (χ3n) is 1.93. The van der Waals surface area contributed by atoms with Crippen LogP contribution in [0.4, 0.5) is 5.13 Å². The van der Waals surface area contributed by atoms with E-state index >= 15 is 0 Å². The van der Waals surface area contributed by atoms with Crippen molar-refractivity contribution in [1.29, 1.82) is 0 Å². The number of H-pyrrole nitrogens is 1. The first kappa shape index (κ1) is 13.6. The van der Waals surface area contributed by atoms with E-state index in [9.17, 15) is 13.2 Å². The summed E-state index contributed by atoms with van der Waals surface area (Å²) in [5, 5.41) is 9.58. The Morgan fingerprint density at radius 2 is 2.26 bits per heavy atom. The van der Waals surface area contributed by atoms with Crippen molar-refractivity contribution in [2.45, 2.75) is 17.8 Å². The molecule has 2 aromatic rings. The molecule has 0 aromatic carbocycles. The number of aromatic nitrogens is 4. The number of hydrogen-bond donors (Lipinski definition) is 3. The average Bonchev–Trinajstić information content (AvgIpc) is 2.96. The zero-order valence-corrected chi connectivity index (χ0v) is 11.4. The smallest absolute Gasteiger partial charge is 0.270 e. The van der Waals surface area contributed by atoms with Crippen LogP contribution in [0.1, 0.15) is 12.6 Å². The Balaban J connectivity index is 2.06. The molecular formula is C8H10N6O3S2.